The van der Waals surface area contributed by atoms with Crippen LogP contribution in [0.3, 0.4) is 0 Å². The van der Waals surface area contributed by atoms with Gasteiger partial charge in [-0.1, -0.05) is 23.5 Å². The minimum Gasteiger partial charge on any atom is -0.477 e. The number of aliphatic hydroxyl groups excluding tert-OH is 1. The molecule has 0 bridgehead atoms. The molecular formula is C31H43NO7S. The molecule has 2 atom stereocenters. The van der Waals surface area contributed by atoms with E-state index in [1.807, 2.05) is 13.8 Å². The minimum atomic E-state index is -1.09. The number of rotatable bonds is 9. The van der Waals surface area contributed by atoms with Crippen molar-refractivity contribution in [3.8, 4) is 11.8 Å². The molecule has 0 aromatic carbocycles. The molecule has 1 saturated heterocycles. The van der Waals surface area contributed by atoms with E-state index in [-0.39, 0.29) is 42.1 Å². The Morgan fingerprint density at radius 2 is 2.00 bits per heavy atom. The Labute approximate surface area is 241 Å². The minimum absolute atomic E-state index is 0.00674. The van der Waals surface area contributed by atoms with Crippen molar-refractivity contribution in [1.82, 2.24) is 0 Å². The van der Waals surface area contributed by atoms with Crippen molar-refractivity contribution < 1.29 is 34.4 Å². The van der Waals surface area contributed by atoms with Crippen molar-refractivity contribution >= 4 is 28.9 Å². The maximum absolute atomic E-state index is 13.9. The van der Waals surface area contributed by atoms with Gasteiger partial charge in [0.25, 0.3) is 0 Å². The molecule has 9 heteroatoms. The van der Waals surface area contributed by atoms with Crippen LogP contribution in [-0.4, -0.2) is 71.4 Å². The first-order chi connectivity index (χ1) is 19.0. The van der Waals surface area contributed by atoms with Gasteiger partial charge < -0.3 is 29.7 Å². The van der Waals surface area contributed by atoms with Crippen LogP contribution < -0.4 is 4.90 Å². The number of amides is 1. The molecular weight excluding hydrogens is 530 g/mol. The lowest BCUT2D eigenvalue weighted by Crippen LogP contribution is -2.49. The number of carboxylic acid groups (broad SMARTS) is 1. The van der Waals surface area contributed by atoms with Gasteiger partial charge in [0.05, 0.1) is 42.1 Å². The van der Waals surface area contributed by atoms with Crippen molar-refractivity contribution in [2.45, 2.75) is 96.3 Å². The zero-order valence-electron chi connectivity index (χ0n) is 23.9. The average Bonchev–Trinajstić information content (AvgIpc) is 3.60. The van der Waals surface area contributed by atoms with Gasteiger partial charge in [-0.2, -0.15) is 0 Å². The molecule has 2 fully saturated rings. The second-order valence-corrected chi connectivity index (χ2v) is 13.4. The maximum Gasteiger partial charge on any atom is 0.348 e. The molecule has 3 N–H and O–H groups in total. The number of aromatic carboxylic acids is 1. The van der Waals surface area contributed by atoms with E-state index in [1.165, 1.54) is 5.57 Å². The number of anilines is 1. The van der Waals surface area contributed by atoms with E-state index in [0.29, 0.717) is 55.9 Å². The van der Waals surface area contributed by atoms with Crippen LogP contribution in [0.25, 0.3) is 0 Å². The number of carboxylic acids is 1. The van der Waals surface area contributed by atoms with E-state index in [9.17, 15) is 24.9 Å². The fourth-order valence-electron chi connectivity index (χ4n) is 5.59. The number of ether oxygens (including phenoxy) is 2. The molecule has 0 radical (unpaired) electrons. The fourth-order valence-corrected chi connectivity index (χ4v) is 6.43. The fraction of sp³-hybridized carbons (Fsp3) is 0.677. The quantitative estimate of drug-likeness (QED) is 0.288. The van der Waals surface area contributed by atoms with Crippen LogP contribution in [0.5, 0.6) is 0 Å². The summed E-state index contributed by atoms with van der Waals surface area (Å²) in [7, 11) is 0. The number of hydrogen-bond acceptors (Lipinski definition) is 7. The van der Waals surface area contributed by atoms with Crippen molar-refractivity contribution in [2.75, 3.05) is 31.3 Å². The van der Waals surface area contributed by atoms with Crippen LogP contribution in [0.4, 0.5) is 5.69 Å². The molecule has 220 valence electrons. The average molecular weight is 574 g/mol. The third-order valence-corrected chi connectivity index (χ3v) is 9.32. The molecule has 1 amide bonds. The highest BCUT2D eigenvalue weighted by molar-refractivity contribution is 7.15. The van der Waals surface area contributed by atoms with Crippen molar-refractivity contribution in [3.63, 3.8) is 0 Å². The summed E-state index contributed by atoms with van der Waals surface area (Å²) in [6.45, 7) is 7.08. The molecule has 1 aromatic rings. The maximum atomic E-state index is 13.9. The molecule has 3 aliphatic rings. The first kappa shape index (κ1) is 30.7. The lowest BCUT2D eigenvalue weighted by molar-refractivity contribution is -0.121. The van der Waals surface area contributed by atoms with Gasteiger partial charge >= 0.3 is 5.97 Å². The van der Waals surface area contributed by atoms with E-state index >= 15 is 0 Å². The number of carbonyl (C=O) groups excluding carboxylic acids is 1. The van der Waals surface area contributed by atoms with Crippen molar-refractivity contribution in [3.05, 3.63) is 27.5 Å². The van der Waals surface area contributed by atoms with E-state index < -0.39 is 17.0 Å². The van der Waals surface area contributed by atoms with Gasteiger partial charge in [0, 0.05) is 24.5 Å². The summed E-state index contributed by atoms with van der Waals surface area (Å²) < 4.78 is 11.3. The second-order valence-electron chi connectivity index (χ2n) is 12.3. The third kappa shape index (κ3) is 7.95. The lowest BCUT2D eigenvalue weighted by atomic mass is 9.81. The summed E-state index contributed by atoms with van der Waals surface area (Å²) >= 11 is 1.06. The topological polar surface area (TPSA) is 117 Å². The Balaban J connectivity index is 1.57. The summed E-state index contributed by atoms with van der Waals surface area (Å²) in [6, 6.07) is 1.48. The largest absolute Gasteiger partial charge is 0.477 e. The normalized spacial score (nSPS) is 27.0. The smallest absolute Gasteiger partial charge is 0.348 e. The SMILES string of the molecule is CC1=CC[C@H](CC(=O)N(c2cc(C#CC(C)(C)CO)sc2C(=O)O)C2CCC(O)(CO[C@H]3CCOC3)CC2)CC1. The Hall–Kier alpha value is -2.22. The first-order valence-electron chi connectivity index (χ1n) is 14.4. The summed E-state index contributed by atoms with van der Waals surface area (Å²) in [4.78, 5) is 28.6. The van der Waals surface area contributed by atoms with Gasteiger partial charge in [-0.3, -0.25) is 4.79 Å². The molecule has 40 heavy (non-hydrogen) atoms. The van der Waals surface area contributed by atoms with Crippen LogP contribution in [0.15, 0.2) is 17.7 Å². The number of aliphatic hydroxyl groups is 2. The third-order valence-electron chi connectivity index (χ3n) is 8.29. The van der Waals surface area contributed by atoms with Gasteiger partial charge in [-0.25, -0.2) is 4.79 Å². The molecule has 2 aliphatic carbocycles. The zero-order chi connectivity index (χ0) is 28.9. The van der Waals surface area contributed by atoms with Gasteiger partial charge in [0.15, 0.2) is 0 Å². The van der Waals surface area contributed by atoms with Gasteiger partial charge in [-0.15, -0.1) is 11.3 Å². The van der Waals surface area contributed by atoms with Crippen molar-refractivity contribution in [1.29, 1.82) is 0 Å². The number of nitrogens with zero attached hydrogens (tertiary/aromatic N) is 1. The van der Waals surface area contributed by atoms with Crippen LogP contribution in [-0.2, 0) is 14.3 Å². The van der Waals surface area contributed by atoms with Gasteiger partial charge in [0.1, 0.15) is 4.88 Å². The van der Waals surface area contributed by atoms with Gasteiger partial charge in [-0.05, 0) is 84.1 Å². The Morgan fingerprint density at radius 1 is 1.25 bits per heavy atom. The molecule has 1 saturated carbocycles. The molecule has 0 spiro atoms. The van der Waals surface area contributed by atoms with Crippen LogP contribution in [0.1, 0.15) is 93.1 Å². The van der Waals surface area contributed by atoms with E-state index in [2.05, 4.69) is 24.8 Å². The van der Waals surface area contributed by atoms with E-state index in [1.54, 1.807) is 11.0 Å². The Morgan fingerprint density at radius 3 is 2.60 bits per heavy atom. The van der Waals surface area contributed by atoms with Crippen molar-refractivity contribution in [2.24, 2.45) is 11.3 Å². The summed E-state index contributed by atoms with van der Waals surface area (Å²) in [5.41, 5.74) is 0.122. The highest BCUT2D eigenvalue weighted by Crippen LogP contribution is 2.39. The highest BCUT2D eigenvalue weighted by atomic mass is 32.1. The first-order valence-corrected chi connectivity index (χ1v) is 15.2. The second kappa shape index (κ2) is 13.2. The van der Waals surface area contributed by atoms with Crippen LogP contribution in [0.2, 0.25) is 0 Å². The van der Waals surface area contributed by atoms with Gasteiger partial charge in [0.2, 0.25) is 5.91 Å². The van der Waals surface area contributed by atoms with Crippen LogP contribution in [0, 0.1) is 23.2 Å². The summed E-state index contributed by atoms with van der Waals surface area (Å²) in [5, 5.41) is 30.9. The molecule has 2 heterocycles. The van der Waals surface area contributed by atoms with E-state index in [4.69, 9.17) is 9.47 Å². The number of hydrogen-bond donors (Lipinski definition) is 3. The number of allylic oxidation sites excluding steroid dienone is 2. The zero-order valence-corrected chi connectivity index (χ0v) is 24.7. The van der Waals surface area contributed by atoms with E-state index in [0.717, 1.165) is 37.0 Å². The standard InChI is InChI=1S/C31H43NO7S/c1-21-4-6-22(7-5-21)16-27(34)32(23-8-13-31(37,14-9-23)20-39-24-11-15-38-18-24)26-17-25(40-28(26)29(35)36)10-12-30(2,3)19-33/h4,17,22-24,33,37H,5-9,11,13-16,18-20H2,1-3H3,(H,35,36)/t22-,23?,24-,31?/m0/s1. The Bertz CT molecular complexity index is 1150. The molecule has 4 rings (SSSR count). The summed E-state index contributed by atoms with van der Waals surface area (Å²) in [5.74, 6) is 5.09. The molecule has 8 nitrogen and oxygen atoms in total. The van der Waals surface area contributed by atoms with Crippen LogP contribution >= 0.6 is 11.3 Å². The Kier molecular flexibility index (Phi) is 10.1. The highest BCUT2D eigenvalue weighted by Gasteiger charge is 2.40. The monoisotopic (exact) mass is 573 g/mol. The molecule has 1 aromatic heterocycles. The lowest BCUT2D eigenvalue weighted by Gasteiger charge is -2.41. The number of carbonyl (C=O) groups is 2. The summed E-state index contributed by atoms with van der Waals surface area (Å²) in [6.07, 6.45) is 8.16. The number of thiophene rings is 1. The predicted octanol–water partition coefficient (Wildman–Crippen LogP) is 4.77. The molecule has 1 aliphatic heterocycles. The predicted molar refractivity (Wildman–Crippen MR) is 155 cm³/mol. The molecule has 0 unspecified atom stereocenters.